The van der Waals surface area contributed by atoms with Crippen molar-refractivity contribution in [3.8, 4) is 0 Å². The second-order valence-corrected chi connectivity index (χ2v) is 24.4. The molecule has 4 N–H and O–H groups in total. The van der Waals surface area contributed by atoms with Gasteiger partial charge in [-0.15, -0.1) is 0 Å². The lowest BCUT2D eigenvalue weighted by Crippen LogP contribution is -2.31. The summed E-state index contributed by atoms with van der Waals surface area (Å²) in [6, 6.07) is 9.44. The first kappa shape index (κ1) is 74.1. The van der Waals surface area contributed by atoms with Gasteiger partial charge in [-0.3, -0.25) is 24.0 Å². The van der Waals surface area contributed by atoms with Gasteiger partial charge >= 0.3 is 0 Å². The number of benzene rings is 2. The predicted molar refractivity (Wildman–Crippen MR) is 350 cm³/mol. The van der Waals surface area contributed by atoms with Gasteiger partial charge in [-0.2, -0.15) is 0 Å². The van der Waals surface area contributed by atoms with Crippen molar-refractivity contribution in [2.24, 2.45) is 0 Å². The largest absolute Gasteiger partial charge is 0.352 e. The summed E-state index contributed by atoms with van der Waals surface area (Å²) in [5, 5.41) is 12.3. The zero-order valence-electron chi connectivity index (χ0n) is 53.8. The van der Waals surface area contributed by atoms with Gasteiger partial charge in [0.1, 0.15) is 0 Å². The number of rotatable bonds is 58. The van der Waals surface area contributed by atoms with Crippen LogP contribution in [0.3, 0.4) is 0 Å². The van der Waals surface area contributed by atoms with E-state index in [0.29, 0.717) is 26.2 Å². The number of nitrogens with one attached hydrogen (secondary N) is 4. The van der Waals surface area contributed by atoms with Crippen LogP contribution in [0.1, 0.15) is 393 Å². The second kappa shape index (κ2) is 53.7. The molecule has 0 heterocycles. The minimum absolute atomic E-state index is 0.158. The molecule has 4 amide bonds. The molecule has 0 aliphatic heterocycles. The molecule has 0 fully saturated rings. The Kier molecular flexibility index (Phi) is 48.5. The number of carbonyl (C=O) groups excluding carboxylic acids is 5. The molecular formula is C73H126N4O5. The molecule has 0 aliphatic carbocycles. The number of hydrogen-bond acceptors (Lipinski definition) is 5. The third-order valence-corrected chi connectivity index (χ3v) is 16.8. The van der Waals surface area contributed by atoms with Crippen LogP contribution in [0.25, 0.3) is 0 Å². The normalized spacial score (nSPS) is 11.3. The quantitative estimate of drug-likeness (QED) is 0.0387. The predicted octanol–water partition coefficient (Wildman–Crippen LogP) is 20.6. The Morgan fingerprint density at radius 3 is 0.598 bits per heavy atom. The minimum atomic E-state index is -0.392. The van der Waals surface area contributed by atoms with E-state index in [9.17, 15) is 24.0 Å². The van der Waals surface area contributed by atoms with E-state index in [4.69, 9.17) is 0 Å². The molecule has 0 unspecified atom stereocenters. The monoisotopic (exact) mass is 1140 g/mol. The Morgan fingerprint density at radius 1 is 0.232 bits per heavy atom. The van der Waals surface area contributed by atoms with Crippen LogP contribution in [0.4, 0.5) is 0 Å². The molecule has 0 bridgehead atoms. The summed E-state index contributed by atoms with van der Waals surface area (Å²) in [5.74, 6) is -1.82. The fourth-order valence-electron chi connectivity index (χ4n) is 11.4. The Hall–Kier alpha value is -4.01. The Labute approximate surface area is 504 Å². The molecule has 2 aromatic carbocycles. The van der Waals surface area contributed by atoms with Gasteiger partial charge < -0.3 is 21.3 Å². The van der Waals surface area contributed by atoms with E-state index < -0.39 is 5.78 Å². The van der Waals surface area contributed by atoms with E-state index in [1.165, 1.54) is 243 Å². The fraction of sp³-hybridized carbons (Fsp3) is 0.767. The lowest BCUT2D eigenvalue weighted by molar-refractivity contribution is 0.0917. The van der Waals surface area contributed by atoms with E-state index in [1.807, 2.05) is 0 Å². The molecule has 82 heavy (non-hydrogen) atoms. The van der Waals surface area contributed by atoms with E-state index in [2.05, 4.69) is 49.0 Å². The standard InChI is InChI=1S/C73H126N4O5/c1-5-9-13-17-21-25-29-33-37-41-45-49-57-74-70(79)65-55-53-63(61-67(65)72(81)76-59-51-47-43-39-35-31-27-23-19-15-11-7-3)69(78)64-54-56-66(71(80)75-58-50-46-42-38-34-30-26-22-18-14-10-6-2)68(62-64)73(82)77-60-52-48-44-40-36-32-28-24-20-16-12-8-4/h53-56,61-62H,5-52,57-60H2,1-4H3,(H,74,79)(H,75,80)(H,76,81)(H,77,82). The van der Waals surface area contributed by atoms with Crippen LogP contribution in [-0.2, 0) is 0 Å². The summed E-state index contributed by atoms with van der Waals surface area (Å²) < 4.78 is 0. The Balaban J connectivity index is 2.16. The molecule has 0 aliphatic rings. The minimum Gasteiger partial charge on any atom is -0.352 e. The molecule has 9 heteroatoms. The van der Waals surface area contributed by atoms with E-state index in [0.717, 1.165) is 77.0 Å². The van der Waals surface area contributed by atoms with Crippen molar-refractivity contribution in [3.05, 3.63) is 69.8 Å². The highest BCUT2D eigenvalue weighted by Crippen LogP contribution is 2.22. The topological polar surface area (TPSA) is 133 Å². The summed E-state index contributed by atoms with van der Waals surface area (Å²) >= 11 is 0. The average Bonchev–Trinajstić information content (AvgIpc) is 3.69. The van der Waals surface area contributed by atoms with Crippen molar-refractivity contribution < 1.29 is 24.0 Å². The molecule has 9 nitrogen and oxygen atoms in total. The number of amides is 4. The van der Waals surface area contributed by atoms with Crippen LogP contribution in [0.5, 0.6) is 0 Å². The van der Waals surface area contributed by atoms with Crippen LogP contribution < -0.4 is 21.3 Å². The molecule has 0 saturated heterocycles. The van der Waals surface area contributed by atoms with Gasteiger partial charge in [0.15, 0.2) is 5.78 Å². The fourth-order valence-corrected chi connectivity index (χ4v) is 11.4. The molecule has 0 atom stereocenters. The van der Waals surface area contributed by atoms with Gasteiger partial charge in [-0.1, -0.05) is 322 Å². The molecule has 0 spiro atoms. The number of carbonyl (C=O) groups is 5. The highest BCUT2D eigenvalue weighted by molar-refractivity contribution is 6.15. The molecule has 2 aromatic rings. The number of hydrogen-bond donors (Lipinski definition) is 4. The maximum atomic E-state index is 14.5. The zero-order valence-corrected chi connectivity index (χ0v) is 53.8. The first-order chi connectivity index (χ1) is 40.3. The SMILES string of the molecule is CCCCCCCCCCCCCCNC(=O)c1ccc(C(=O)c2ccc(C(=O)NCCCCCCCCCCCCCC)c(C(=O)NCCCCCCCCCCCCCC)c2)cc1C(=O)NCCCCCCCCCCCCCC. The third-order valence-electron chi connectivity index (χ3n) is 16.8. The van der Waals surface area contributed by atoms with Crippen LogP contribution >= 0.6 is 0 Å². The van der Waals surface area contributed by atoms with Crippen molar-refractivity contribution in [2.45, 2.75) is 336 Å². The zero-order chi connectivity index (χ0) is 59.2. The van der Waals surface area contributed by atoms with Crippen LogP contribution in [0, 0.1) is 0 Å². The summed E-state index contributed by atoms with van der Waals surface area (Å²) in [6.07, 6.45) is 59.0. The first-order valence-electron chi connectivity index (χ1n) is 35.2. The van der Waals surface area contributed by atoms with Crippen molar-refractivity contribution in [1.29, 1.82) is 0 Å². The number of ketones is 1. The highest BCUT2D eigenvalue weighted by Gasteiger charge is 2.23. The van der Waals surface area contributed by atoms with E-state index in [1.54, 1.807) is 24.3 Å². The maximum Gasteiger partial charge on any atom is 0.252 e. The summed E-state index contributed by atoms with van der Waals surface area (Å²) in [4.78, 5) is 70.2. The molecule has 0 saturated carbocycles. The maximum absolute atomic E-state index is 14.5. The van der Waals surface area contributed by atoms with Gasteiger partial charge in [-0.25, -0.2) is 0 Å². The first-order valence-corrected chi connectivity index (χ1v) is 35.2. The summed E-state index contributed by atoms with van der Waals surface area (Å²) in [5.41, 5.74) is 1.26. The molecule has 2 rings (SSSR count). The third kappa shape index (κ3) is 38.0. The van der Waals surface area contributed by atoms with Crippen molar-refractivity contribution in [1.82, 2.24) is 21.3 Å². The molecular weight excluding hydrogens is 1010 g/mol. The molecule has 0 aromatic heterocycles. The number of unbranched alkanes of at least 4 members (excludes halogenated alkanes) is 44. The lowest BCUT2D eigenvalue weighted by Gasteiger charge is -2.14. The second-order valence-electron chi connectivity index (χ2n) is 24.4. The van der Waals surface area contributed by atoms with E-state index in [-0.39, 0.29) is 57.0 Å². The smallest absolute Gasteiger partial charge is 0.252 e. The van der Waals surface area contributed by atoms with Crippen LogP contribution in [-0.4, -0.2) is 55.6 Å². The van der Waals surface area contributed by atoms with Crippen molar-refractivity contribution >= 4 is 29.4 Å². The van der Waals surface area contributed by atoms with Crippen molar-refractivity contribution in [2.75, 3.05) is 26.2 Å². The van der Waals surface area contributed by atoms with E-state index >= 15 is 0 Å². The van der Waals surface area contributed by atoms with Crippen LogP contribution in [0.2, 0.25) is 0 Å². The van der Waals surface area contributed by atoms with Crippen molar-refractivity contribution in [3.63, 3.8) is 0 Å². The molecule has 0 radical (unpaired) electrons. The van der Waals surface area contributed by atoms with Crippen LogP contribution in [0.15, 0.2) is 36.4 Å². The Morgan fingerprint density at radius 2 is 0.402 bits per heavy atom. The van der Waals surface area contributed by atoms with Gasteiger partial charge in [-0.05, 0) is 49.9 Å². The lowest BCUT2D eigenvalue weighted by atomic mass is 9.94. The van der Waals surface area contributed by atoms with Gasteiger partial charge in [0.05, 0.1) is 22.3 Å². The summed E-state index contributed by atoms with van der Waals surface area (Å²) in [7, 11) is 0. The van der Waals surface area contributed by atoms with Gasteiger partial charge in [0.2, 0.25) is 0 Å². The molecule has 468 valence electrons. The van der Waals surface area contributed by atoms with Gasteiger partial charge in [0, 0.05) is 37.3 Å². The highest BCUT2D eigenvalue weighted by atomic mass is 16.2. The Bertz CT molecular complexity index is 1780. The van der Waals surface area contributed by atoms with Gasteiger partial charge in [0.25, 0.3) is 23.6 Å². The summed E-state index contributed by atoms with van der Waals surface area (Å²) in [6.45, 7) is 11.0. The average molecular weight is 1140 g/mol.